The van der Waals surface area contributed by atoms with Crippen LogP contribution in [0.2, 0.25) is 0 Å². The van der Waals surface area contributed by atoms with Gasteiger partial charge in [0.2, 0.25) is 0 Å². The van der Waals surface area contributed by atoms with Gasteiger partial charge < -0.3 is 24.2 Å². The number of benzene rings is 16. The van der Waals surface area contributed by atoms with Crippen LogP contribution in [0.1, 0.15) is 74.9 Å². The van der Waals surface area contributed by atoms with Crippen LogP contribution >= 0.6 is 118 Å². The van der Waals surface area contributed by atoms with Gasteiger partial charge in [0.15, 0.2) is 14.3 Å². The summed E-state index contributed by atoms with van der Waals surface area (Å²) < 4.78 is 36.2. The van der Waals surface area contributed by atoms with E-state index in [9.17, 15) is 4.57 Å². The van der Waals surface area contributed by atoms with Crippen molar-refractivity contribution in [1.29, 1.82) is 0 Å². The van der Waals surface area contributed by atoms with E-state index < -0.39 is 22.2 Å². The fourth-order valence-corrected chi connectivity index (χ4v) is 25.3. The molecule has 0 saturated heterocycles. The Morgan fingerprint density at radius 1 is 0.240 bits per heavy atom. The molecule has 7 nitrogen and oxygen atoms in total. The van der Waals surface area contributed by atoms with Gasteiger partial charge in [-0.15, -0.1) is 0 Å². The van der Waals surface area contributed by atoms with Crippen molar-refractivity contribution in [3.8, 4) is 0 Å². The van der Waals surface area contributed by atoms with Crippen molar-refractivity contribution in [2.24, 2.45) is 0 Å². The van der Waals surface area contributed by atoms with E-state index in [4.69, 9.17) is 10.5 Å². The standard InChI is InChI=1S/C48H41N2OP.C18H13Br2OP.C18H13Br2P.C15H15N.C6H4Br2.H2O2/c1-47(2)39-18-8-12-22-43(39)49(44-23-13-9-19-40(44)47)34-26-30-37(31-27-34)52(51,36-16-6-5-7-17-36)38-32-28-35(29-33-38)50-45-24-14-10-20-41(45)48(3,4)42-21-11-15-25-46(42)50;19-14-6-10-17(11-7-14)22(21,16-4-2-1-3-5-16)18-12-8-15(20)9-13-18;19-14-6-10-17(11-7-14)21(16-4-2-1-3-5-16)18-12-8-15(20)9-13-18;1-15(2)11-7-3-5-9-13(11)16-14-10-6-4-8-12(14)15;7-5-1-2-6(8)4-3-5;1-2/h5-33H,1-4H3;1-13H;1-13H;3-10,16H,1-2H3;1-4H;1-2H. The summed E-state index contributed by atoms with van der Waals surface area (Å²) in [5, 5.41) is 24.6. The Hall–Kier alpha value is -9.39. The maximum atomic E-state index is 15.7. The first-order chi connectivity index (χ1) is 58.5. The van der Waals surface area contributed by atoms with Gasteiger partial charge in [-0.2, -0.15) is 0 Å². The number of rotatable bonds is 11. The number of nitrogens with one attached hydrogen (secondary N) is 1. The Morgan fingerprint density at radius 3 is 0.727 bits per heavy atom. The van der Waals surface area contributed by atoms with E-state index in [0.717, 1.165) is 70.0 Å². The van der Waals surface area contributed by atoms with E-state index in [1.54, 1.807) is 0 Å². The van der Waals surface area contributed by atoms with Crippen molar-refractivity contribution in [1.82, 2.24) is 0 Å². The number of fused-ring (bicyclic) bond motifs is 6. The maximum Gasteiger partial charge on any atom is 0.171 e. The number of hydrogen-bond acceptors (Lipinski definition) is 7. The lowest BCUT2D eigenvalue weighted by molar-refractivity contribution is -0.176. The van der Waals surface area contributed by atoms with Gasteiger partial charge >= 0.3 is 0 Å². The van der Waals surface area contributed by atoms with Crippen LogP contribution in [0.3, 0.4) is 0 Å². The Morgan fingerprint density at radius 2 is 0.438 bits per heavy atom. The summed E-state index contributed by atoms with van der Waals surface area (Å²) in [6, 6.07) is 140. The molecule has 0 unspecified atom stereocenters. The van der Waals surface area contributed by atoms with Gasteiger partial charge in [0, 0.05) is 97.7 Å². The van der Waals surface area contributed by atoms with Crippen LogP contribution in [-0.4, -0.2) is 10.5 Å². The van der Waals surface area contributed by atoms with Gasteiger partial charge in [0.25, 0.3) is 0 Å². The Balaban J connectivity index is 0.000000142. The van der Waals surface area contributed by atoms with Crippen molar-refractivity contribution in [2.75, 3.05) is 15.1 Å². The van der Waals surface area contributed by atoms with Crippen LogP contribution in [0.4, 0.5) is 45.5 Å². The zero-order valence-corrected chi connectivity index (χ0v) is 79.6. The highest BCUT2D eigenvalue weighted by Crippen LogP contribution is 2.55. The van der Waals surface area contributed by atoms with E-state index in [2.05, 4.69) is 425 Å². The first-order valence-corrected chi connectivity index (χ1v) is 49.0. The summed E-state index contributed by atoms with van der Waals surface area (Å²) in [6.07, 6.45) is 0. The SMILES string of the molecule is Brc1ccc(Br)cc1.Brc1ccc(P(c2ccccc2)c2ccc(Br)cc2)cc1.CC1(C)c2ccccc2N(c2ccc(P(=O)(c3ccccc3)c3ccc(N4c5ccccc5C(C)(C)c5ccccc54)cc3)cc2)c2ccccc21.CC1(C)c2ccccc2Nc2ccccc21.O=P(c1ccccc1)(c1ccc(Br)cc1)c1ccc(Br)cc1.OO. The first kappa shape index (κ1) is 87.9. The molecule has 16 heteroatoms. The maximum absolute atomic E-state index is 15.7. The monoisotopic (exact) mass is 2020 g/mol. The number of anilines is 8. The molecule has 604 valence electrons. The van der Waals surface area contributed by atoms with Crippen molar-refractivity contribution in [2.45, 2.75) is 57.8 Å². The minimum atomic E-state index is -3.24. The molecule has 0 fully saturated rings. The molecule has 0 spiro atoms. The Kier molecular flexibility index (Phi) is 28.3. The molecule has 0 radical (unpaired) electrons. The van der Waals surface area contributed by atoms with Crippen LogP contribution in [0, 0.1) is 0 Å². The molecule has 16 aromatic rings. The molecule has 0 bridgehead atoms. The number of halogens is 6. The highest BCUT2D eigenvalue weighted by molar-refractivity contribution is 9.11. The molecule has 3 heterocycles. The zero-order valence-electron chi connectivity index (χ0n) is 67.4. The van der Waals surface area contributed by atoms with E-state index in [0.29, 0.717) is 0 Å². The molecule has 3 aliphatic rings. The van der Waals surface area contributed by atoms with Gasteiger partial charge in [-0.1, -0.05) is 362 Å². The third kappa shape index (κ3) is 18.9. The molecular formula is C105H88Br6N3O4P3. The fraction of sp³-hybridized carbons (Fsp3) is 0.0857. The first-order valence-electron chi connectivity index (χ1n) is 39.5. The minimum Gasteiger partial charge on any atom is -0.355 e. The summed E-state index contributed by atoms with van der Waals surface area (Å²) in [7, 11) is -6.61. The molecule has 16 aromatic carbocycles. The van der Waals surface area contributed by atoms with Crippen molar-refractivity contribution in [3.05, 3.63) is 467 Å². The molecule has 0 saturated carbocycles. The largest absolute Gasteiger partial charge is 0.355 e. The number of hydrogen-bond donors (Lipinski definition) is 3. The van der Waals surface area contributed by atoms with Crippen LogP contribution < -0.4 is 62.9 Å². The van der Waals surface area contributed by atoms with Crippen LogP contribution in [0.15, 0.2) is 433 Å². The van der Waals surface area contributed by atoms with Crippen molar-refractivity contribution < 1.29 is 19.6 Å². The highest BCUT2D eigenvalue weighted by atomic mass is 79.9. The van der Waals surface area contributed by atoms with Gasteiger partial charge in [-0.05, 0) is 239 Å². The van der Waals surface area contributed by atoms with Crippen molar-refractivity contribution in [3.63, 3.8) is 0 Å². The van der Waals surface area contributed by atoms with Crippen molar-refractivity contribution >= 4 is 211 Å². The van der Waals surface area contributed by atoms with Crippen LogP contribution in [-0.2, 0) is 25.4 Å². The summed E-state index contributed by atoms with van der Waals surface area (Å²) >= 11 is 20.6. The summed E-state index contributed by atoms with van der Waals surface area (Å²) in [5.74, 6) is 0. The lowest BCUT2D eigenvalue weighted by Crippen LogP contribution is -2.31. The second-order valence-electron chi connectivity index (χ2n) is 30.8. The lowest BCUT2D eigenvalue weighted by atomic mass is 9.73. The molecule has 0 atom stereocenters. The summed E-state index contributed by atoms with van der Waals surface area (Å²) in [5.41, 5.74) is 16.9. The molecule has 121 heavy (non-hydrogen) atoms. The number of nitrogens with zero attached hydrogens (tertiary/aromatic N) is 2. The highest BCUT2D eigenvalue weighted by Gasteiger charge is 2.40. The second kappa shape index (κ2) is 39.0. The summed E-state index contributed by atoms with van der Waals surface area (Å²) in [6.45, 7) is 13.8. The van der Waals surface area contributed by atoms with E-state index in [1.165, 1.54) is 83.4 Å². The zero-order chi connectivity index (χ0) is 85.1. The number of para-hydroxylation sites is 6. The summed E-state index contributed by atoms with van der Waals surface area (Å²) in [4.78, 5) is 4.69. The molecular weight excluding hydrogens is 1940 g/mol. The Bertz CT molecular complexity index is 5900. The normalized spacial score (nSPS) is 13.2. The minimum absolute atomic E-state index is 0.0818. The molecule has 19 rings (SSSR count). The average Bonchev–Trinajstić information content (AvgIpc) is 0.719. The van der Waals surface area contributed by atoms with Crippen LogP contribution in [0.25, 0.3) is 0 Å². The topological polar surface area (TPSA) is 93.1 Å². The second-order valence-corrected chi connectivity index (χ2v) is 44.0. The molecule has 3 N–H and O–H groups in total. The molecule has 0 aromatic heterocycles. The third-order valence-electron chi connectivity index (χ3n) is 22.3. The molecule has 0 amide bonds. The van der Waals surface area contributed by atoms with E-state index in [1.807, 2.05) is 133 Å². The molecule has 0 aliphatic carbocycles. The predicted molar refractivity (Wildman–Crippen MR) is 537 cm³/mol. The van der Waals surface area contributed by atoms with Gasteiger partial charge in [0.05, 0.1) is 22.7 Å². The van der Waals surface area contributed by atoms with Gasteiger partial charge in [0.1, 0.15) is 0 Å². The van der Waals surface area contributed by atoms with E-state index >= 15 is 4.57 Å². The fourth-order valence-electron chi connectivity index (χ4n) is 16.2. The average molecular weight is 2030 g/mol. The molecule has 3 aliphatic heterocycles. The smallest absolute Gasteiger partial charge is 0.171 e. The Labute approximate surface area is 762 Å². The van der Waals surface area contributed by atoms with Gasteiger partial charge in [-0.25, -0.2) is 0 Å². The lowest BCUT2D eigenvalue weighted by Gasteiger charge is -2.42. The quantitative estimate of drug-likeness (QED) is 0.0675. The predicted octanol–water partition coefficient (Wildman–Crippen LogP) is 28.7. The van der Waals surface area contributed by atoms with Crippen LogP contribution in [0.5, 0.6) is 0 Å². The third-order valence-corrected chi connectivity index (χ3v) is 34.1. The van der Waals surface area contributed by atoms with E-state index in [-0.39, 0.29) is 16.2 Å². The van der Waals surface area contributed by atoms with Gasteiger partial charge in [-0.3, -0.25) is 10.5 Å².